The molecule has 0 saturated heterocycles. The van der Waals surface area contributed by atoms with E-state index in [1.54, 1.807) is 7.05 Å². The van der Waals surface area contributed by atoms with Crippen LogP contribution in [0.2, 0.25) is 10.2 Å². The quantitative estimate of drug-likeness (QED) is 0.878. The van der Waals surface area contributed by atoms with Crippen molar-refractivity contribution in [2.75, 3.05) is 0 Å². The first-order chi connectivity index (χ1) is 8.73. The van der Waals surface area contributed by atoms with Crippen LogP contribution in [-0.4, -0.2) is 27.1 Å². The number of carbonyl (C=O) groups excluding carboxylic acids is 1. The molecule has 0 aliphatic heterocycles. The van der Waals surface area contributed by atoms with Crippen LogP contribution in [-0.2, 0) is 11.8 Å². The molecule has 0 aliphatic carbocycles. The second kappa shape index (κ2) is 5.84. The van der Waals surface area contributed by atoms with Crippen LogP contribution in [0.15, 0.2) is 6.07 Å². The molecule has 0 fully saturated rings. The van der Waals surface area contributed by atoms with Crippen LogP contribution < -0.4 is 5.32 Å². The molecular formula is C12H16Cl2N2O3. The summed E-state index contributed by atoms with van der Waals surface area (Å²) < 4.78 is 1.41. The number of hydrogen-bond acceptors (Lipinski definition) is 2. The third-order valence-electron chi connectivity index (χ3n) is 2.96. The van der Waals surface area contributed by atoms with Crippen LogP contribution in [0.1, 0.15) is 37.2 Å². The van der Waals surface area contributed by atoms with Crippen LogP contribution in [0, 0.1) is 0 Å². The molecule has 0 aliphatic rings. The Labute approximate surface area is 121 Å². The summed E-state index contributed by atoms with van der Waals surface area (Å²) in [6.45, 7) is 3.33. The fraction of sp³-hybridized carbons (Fsp3) is 0.500. The molecule has 106 valence electrons. The van der Waals surface area contributed by atoms with Gasteiger partial charge in [0, 0.05) is 7.05 Å². The first-order valence-electron chi connectivity index (χ1n) is 5.79. The summed E-state index contributed by atoms with van der Waals surface area (Å²) in [6.07, 6.45) is 0.970. The minimum atomic E-state index is -1.31. The molecule has 1 heterocycles. The van der Waals surface area contributed by atoms with Crippen molar-refractivity contribution >= 4 is 35.1 Å². The van der Waals surface area contributed by atoms with Crippen molar-refractivity contribution in [1.82, 2.24) is 9.88 Å². The second-order valence-corrected chi connectivity index (χ2v) is 5.33. The SMILES string of the molecule is CCCC(C)(NC(=O)c1cc(Cl)c(Cl)n1C)C(=O)O. The van der Waals surface area contributed by atoms with Crippen molar-refractivity contribution in [3.8, 4) is 0 Å². The molecule has 7 heteroatoms. The molecule has 0 radical (unpaired) electrons. The predicted octanol–water partition coefficient (Wildman–Crippen LogP) is 2.71. The lowest BCUT2D eigenvalue weighted by Crippen LogP contribution is -2.52. The summed E-state index contributed by atoms with van der Waals surface area (Å²) >= 11 is 11.7. The van der Waals surface area contributed by atoms with E-state index in [9.17, 15) is 14.7 Å². The first-order valence-corrected chi connectivity index (χ1v) is 6.55. The molecule has 0 spiro atoms. The van der Waals surface area contributed by atoms with Gasteiger partial charge in [-0.1, -0.05) is 36.5 Å². The highest BCUT2D eigenvalue weighted by Crippen LogP contribution is 2.25. The number of hydrogen-bond donors (Lipinski definition) is 2. The summed E-state index contributed by atoms with van der Waals surface area (Å²) in [5.74, 6) is -1.59. The lowest BCUT2D eigenvalue weighted by Gasteiger charge is -2.25. The Bertz CT molecular complexity index is 513. The number of aromatic nitrogens is 1. The van der Waals surface area contributed by atoms with Crippen LogP contribution >= 0.6 is 23.2 Å². The molecule has 1 atom stereocenters. The zero-order valence-corrected chi connectivity index (χ0v) is 12.5. The average molecular weight is 307 g/mol. The first kappa shape index (κ1) is 15.9. The number of carboxylic acid groups (broad SMARTS) is 1. The monoisotopic (exact) mass is 306 g/mol. The number of carboxylic acids is 1. The third-order valence-corrected chi connectivity index (χ3v) is 3.80. The molecule has 5 nitrogen and oxygen atoms in total. The number of carbonyl (C=O) groups is 2. The number of amides is 1. The van der Waals surface area contributed by atoms with Crippen LogP contribution in [0.5, 0.6) is 0 Å². The summed E-state index contributed by atoms with van der Waals surface area (Å²) in [6, 6.07) is 1.41. The van der Waals surface area contributed by atoms with Crippen molar-refractivity contribution < 1.29 is 14.7 Å². The van der Waals surface area contributed by atoms with E-state index in [0.29, 0.717) is 12.8 Å². The van der Waals surface area contributed by atoms with Gasteiger partial charge in [0.2, 0.25) is 0 Å². The van der Waals surface area contributed by atoms with E-state index in [0.717, 1.165) is 0 Å². The maximum Gasteiger partial charge on any atom is 0.329 e. The molecular weight excluding hydrogens is 291 g/mol. The highest BCUT2D eigenvalue weighted by molar-refractivity contribution is 6.41. The normalized spacial score (nSPS) is 13.9. The van der Waals surface area contributed by atoms with Crippen LogP contribution in [0.4, 0.5) is 0 Å². The Morgan fingerprint density at radius 3 is 2.42 bits per heavy atom. The van der Waals surface area contributed by atoms with Gasteiger partial charge in [-0.05, 0) is 19.4 Å². The largest absolute Gasteiger partial charge is 0.480 e. The third kappa shape index (κ3) is 3.22. The van der Waals surface area contributed by atoms with E-state index in [2.05, 4.69) is 5.32 Å². The molecule has 1 aromatic heterocycles. The molecule has 1 aromatic rings. The number of nitrogens with one attached hydrogen (secondary N) is 1. The highest BCUT2D eigenvalue weighted by Gasteiger charge is 2.34. The minimum absolute atomic E-state index is 0.221. The van der Waals surface area contributed by atoms with Crippen molar-refractivity contribution in [2.24, 2.45) is 7.05 Å². The Hall–Kier alpha value is -1.20. The van der Waals surface area contributed by atoms with E-state index in [1.807, 2.05) is 6.92 Å². The summed E-state index contributed by atoms with van der Waals surface area (Å²) in [5.41, 5.74) is -1.09. The predicted molar refractivity (Wildman–Crippen MR) is 73.8 cm³/mol. The van der Waals surface area contributed by atoms with Gasteiger partial charge in [-0.3, -0.25) is 4.79 Å². The molecule has 1 rings (SSSR count). The molecule has 2 N–H and O–H groups in total. The maximum atomic E-state index is 12.1. The van der Waals surface area contributed by atoms with Gasteiger partial charge in [0.25, 0.3) is 5.91 Å². The van der Waals surface area contributed by atoms with Crippen molar-refractivity contribution in [3.63, 3.8) is 0 Å². The fourth-order valence-corrected chi connectivity index (χ4v) is 2.17. The zero-order chi connectivity index (χ0) is 14.8. The van der Waals surface area contributed by atoms with Crippen molar-refractivity contribution in [3.05, 3.63) is 21.9 Å². The standard InChI is InChI=1S/C12H16Cl2N2O3/c1-4-5-12(2,11(18)19)15-10(17)8-6-7(13)9(14)16(8)3/h6H,4-5H2,1-3H3,(H,15,17)(H,18,19). The van der Waals surface area contributed by atoms with Gasteiger partial charge in [-0.15, -0.1) is 0 Å². The highest BCUT2D eigenvalue weighted by atomic mass is 35.5. The number of rotatable bonds is 5. The number of halogens is 2. The van der Waals surface area contributed by atoms with Gasteiger partial charge in [0.15, 0.2) is 0 Å². The molecule has 0 aromatic carbocycles. The van der Waals surface area contributed by atoms with Crippen molar-refractivity contribution in [1.29, 1.82) is 0 Å². The number of nitrogens with zero attached hydrogens (tertiary/aromatic N) is 1. The summed E-state index contributed by atoms with van der Waals surface area (Å²) in [5, 5.41) is 12.2. The van der Waals surface area contributed by atoms with Gasteiger partial charge in [0.05, 0.1) is 5.02 Å². The van der Waals surface area contributed by atoms with Gasteiger partial charge < -0.3 is 15.0 Å². The average Bonchev–Trinajstić information content (AvgIpc) is 2.57. The molecule has 0 saturated carbocycles. The van der Waals surface area contributed by atoms with Gasteiger partial charge in [-0.25, -0.2) is 4.79 Å². The lowest BCUT2D eigenvalue weighted by atomic mass is 9.96. The number of aliphatic carboxylic acids is 1. The molecule has 1 unspecified atom stereocenters. The van der Waals surface area contributed by atoms with E-state index in [4.69, 9.17) is 23.2 Å². The van der Waals surface area contributed by atoms with E-state index in [1.165, 1.54) is 17.6 Å². The molecule has 19 heavy (non-hydrogen) atoms. The molecule has 1 amide bonds. The Morgan fingerprint density at radius 1 is 1.47 bits per heavy atom. The van der Waals surface area contributed by atoms with E-state index < -0.39 is 17.4 Å². The van der Waals surface area contributed by atoms with E-state index in [-0.39, 0.29) is 15.9 Å². The topological polar surface area (TPSA) is 71.3 Å². The summed E-state index contributed by atoms with van der Waals surface area (Å²) in [4.78, 5) is 23.4. The van der Waals surface area contributed by atoms with Crippen LogP contribution in [0.25, 0.3) is 0 Å². The smallest absolute Gasteiger partial charge is 0.329 e. The second-order valence-electron chi connectivity index (χ2n) is 4.57. The van der Waals surface area contributed by atoms with Gasteiger partial charge in [0.1, 0.15) is 16.4 Å². The van der Waals surface area contributed by atoms with Crippen molar-refractivity contribution in [2.45, 2.75) is 32.2 Å². The Morgan fingerprint density at radius 2 is 2.05 bits per heavy atom. The zero-order valence-electron chi connectivity index (χ0n) is 11.0. The maximum absolute atomic E-state index is 12.1. The fourth-order valence-electron chi connectivity index (χ4n) is 1.80. The lowest BCUT2D eigenvalue weighted by molar-refractivity contribution is -0.144. The summed E-state index contributed by atoms with van der Waals surface area (Å²) in [7, 11) is 1.58. The van der Waals surface area contributed by atoms with Gasteiger partial charge in [-0.2, -0.15) is 0 Å². The van der Waals surface area contributed by atoms with Gasteiger partial charge >= 0.3 is 5.97 Å². The van der Waals surface area contributed by atoms with Crippen LogP contribution in [0.3, 0.4) is 0 Å². The van der Waals surface area contributed by atoms with E-state index >= 15 is 0 Å². The Kier molecular flexibility index (Phi) is 4.87. The Balaban J connectivity index is 3.01. The minimum Gasteiger partial charge on any atom is -0.480 e. The molecule has 0 bridgehead atoms.